The fourth-order valence-corrected chi connectivity index (χ4v) is 1.94. The van der Waals surface area contributed by atoms with Crippen LogP contribution >= 0.6 is 0 Å². The summed E-state index contributed by atoms with van der Waals surface area (Å²) in [4.78, 5) is 0. The Labute approximate surface area is 103 Å². The molecule has 2 atom stereocenters. The van der Waals surface area contributed by atoms with Gasteiger partial charge >= 0.3 is 0 Å². The molecule has 0 heterocycles. The smallest absolute Gasteiger partial charge is 0.124 e. The third-order valence-corrected chi connectivity index (χ3v) is 2.76. The van der Waals surface area contributed by atoms with E-state index in [1.54, 1.807) is 7.11 Å². The van der Waals surface area contributed by atoms with Crippen molar-refractivity contribution in [1.29, 1.82) is 0 Å². The van der Waals surface area contributed by atoms with Crippen LogP contribution in [0.25, 0.3) is 0 Å². The monoisotopic (exact) mass is 238 g/mol. The second-order valence-electron chi connectivity index (χ2n) is 3.97. The van der Waals surface area contributed by atoms with Crippen LogP contribution < -0.4 is 4.74 Å². The number of rotatable bonds is 7. The maximum Gasteiger partial charge on any atom is 0.124 e. The molecule has 3 heteroatoms. The number of benzene rings is 1. The molecule has 0 bridgehead atoms. The predicted molar refractivity (Wildman–Crippen MR) is 68.3 cm³/mol. The lowest BCUT2D eigenvalue weighted by Crippen LogP contribution is -2.22. The average Bonchev–Trinajstić information content (AvgIpc) is 2.37. The zero-order chi connectivity index (χ0) is 12.7. The Balaban J connectivity index is 2.87. The fraction of sp³-hybridized carbons (Fsp3) is 0.571. The number of hydrogen-bond acceptors (Lipinski definition) is 3. The zero-order valence-electron chi connectivity index (χ0n) is 10.8. The van der Waals surface area contributed by atoms with Crippen LogP contribution in [0, 0.1) is 0 Å². The molecule has 0 saturated carbocycles. The van der Waals surface area contributed by atoms with Gasteiger partial charge in [-0.1, -0.05) is 31.5 Å². The SMILES string of the molecule is CCCC(OCC)C(O)c1ccccc1OC. The zero-order valence-corrected chi connectivity index (χ0v) is 10.8. The van der Waals surface area contributed by atoms with Crippen molar-refractivity contribution < 1.29 is 14.6 Å². The van der Waals surface area contributed by atoms with Crippen LogP contribution in [0.3, 0.4) is 0 Å². The van der Waals surface area contributed by atoms with Crippen LogP contribution in [0.2, 0.25) is 0 Å². The van der Waals surface area contributed by atoms with Gasteiger partial charge in [0.15, 0.2) is 0 Å². The van der Waals surface area contributed by atoms with Gasteiger partial charge in [-0.3, -0.25) is 0 Å². The van der Waals surface area contributed by atoms with E-state index >= 15 is 0 Å². The molecule has 0 aromatic heterocycles. The Morgan fingerprint density at radius 1 is 1.24 bits per heavy atom. The molecule has 0 aliphatic heterocycles. The first kappa shape index (κ1) is 14.0. The molecule has 1 N–H and O–H groups in total. The maximum atomic E-state index is 10.3. The number of aliphatic hydroxyl groups is 1. The molecule has 0 radical (unpaired) electrons. The number of para-hydroxylation sites is 1. The summed E-state index contributed by atoms with van der Waals surface area (Å²) in [6.45, 7) is 4.63. The Morgan fingerprint density at radius 3 is 2.53 bits per heavy atom. The van der Waals surface area contributed by atoms with Gasteiger partial charge in [-0.05, 0) is 19.4 Å². The molecule has 17 heavy (non-hydrogen) atoms. The van der Waals surface area contributed by atoms with E-state index in [2.05, 4.69) is 6.92 Å². The van der Waals surface area contributed by atoms with E-state index in [9.17, 15) is 5.11 Å². The second-order valence-corrected chi connectivity index (χ2v) is 3.97. The lowest BCUT2D eigenvalue weighted by Gasteiger charge is -2.24. The van der Waals surface area contributed by atoms with Gasteiger partial charge < -0.3 is 14.6 Å². The van der Waals surface area contributed by atoms with Gasteiger partial charge in [-0.2, -0.15) is 0 Å². The molecule has 1 aromatic carbocycles. The largest absolute Gasteiger partial charge is 0.496 e. The van der Waals surface area contributed by atoms with Crippen LogP contribution in [0.1, 0.15) is 38.4 Å². The van der Waals surface area contributed by atoms with Crippen molar-refractivity contribution in [2.45, 2.75) is 38.9 Å². The van der Waals surface area contributed by atoms with E-state index in [-0.39, 0.29) is 6.10 Å². The predicted octanol–water partition coefficient (Wildman–Crippen LogP) is 2.93. The summed E-state index contributed by atoms with van der Waals surface area (Å²) >= 11 is 0. The molecule has 3 nitrogen and oxygen atoms in total. The van der Waals surface area contributed by atoms with Crippen molar-refractivity contribution in [3.8, 4) is 5.75 Å². The highest BCUT2D eigenvalue weighted by molar-refractivity contribution is 5.35. The van der Waals surface area contributed by atoms with E-state index in [0.717, 1.165) is 18.4 Å². The molecule has 0 aliphatic rings. The number of aliphatic hydroxyl groups excluding tert-OH is 1. The third-order valence-electron chi connectivity index (χ3n) is 2.76. The highest BCUT2D eigenvalue weighted by Crippen LogP contribution is 2.29. The normalized spacial score (nSPS) is 14.4. The Hall–Kier alpha value is -1.06. The second kappa shape index (κ2) is 7.30. The van der Waals surface area contributed by atoms with Crippen LogP contribution in [-0.2, 0) is 4.74 Å². The first-order valence-electron chi connectivity index (χ1n) is 6.17. The molecular weight excluding hydrogens is 216 g/mol. The van der Waals surface area contributed by atoms with Gasteiger partial charge in [0.2, 0.25) is 0 Å². The molecule has 0 fully saturated rings. The molecule has 0 saturated heterocycles. The number of ether oxygens (including phenoxy) is 2. The van der Waals surface area contributed by atoms with Crippen molar-refractivity contribution >= 4 is 0 Å². The average molecular weight is 238 g/mol. The lowest BCUT2D eigenvalue weighted by atomic mass is 10.00. The summed E-state index contributed by atoms with van der Waals surface area (Å²) in [6, 6.07) is 7.53. The maximum absolute atomic E-state index is 10.3. The summed E-state index contributed by atoms with van der Waals surface area (Å²) in [7, 11) is 1.61. The van der Waals surface area contributed by atoms with Crippen LogP contribution in [0.15, 0.2) is 24.3 Å². The summed E-state index contributed by atoms with van der Waals surface area (Å²) in [6.07, 6.45) is 1.02. The van der Waals surface area contributed by atoms with Crippen LogP contribution in [0.4, 0.5) is 0 Å². The summed E-state index contributed by atoms with van der Waals surface area (Å²) < 4.78 is 10.8. The van der Waals surface area contributed by atoms with Crippen molar-refractivity contribution in [3.63, 3.8) is 0 Å². The highest BCUT2D eigenvalue weighted by Gasteiger charge is 2.23. The van der Waals surface area contributed by atoms with E-state index in [4.69, 9.17) is 9.47 Å². The van der Waals surface area contributed by atoms with Crippen LogP contribution in [0.5, 0.6) is 5.75 Å². The van der Waals surface area contributed by atoms with Gasteiger partial charge in [-0.15, -0.1) is 0 Å². The quantitative estimate of drug-likeness (QED) is 0.793. The van der Waals surface area contributed by atoms with E-state index in [1.807, 2.05) is 31.2 Å². The molecule has 96 valence electrons. The molecule has 2 unspecified atom stereocenters. The lowest BCUT2D eigenvalue weighted by molar-refractivity contribution is -0.0392. The van der Waals surface area contributed by atoms with E-state index in [1.165, 1.54) is 0 Å². The van der Waals surface area contributed by atoms with Gasteiger partial charge in [0, 0.05) is 12.2 Å². The first-order chi connectivity index (χ1) is 8.24. The topological polar surface area (TPSA) is 38.7 Å². The van der Waals surface area contributed by atoms with Gasteiger partial charge in [-0.25, -0.2) is 0 Å². The minimum atomic E-state index is -0.633. The molecular formula is C14H22O3. The van der Waals surface area contributed by atoms with Gasteiger partial charge in [0.25, 0.3) is 0 Å². The Bertz CT molecular complexity index is 319. The van der Waals surface area contributed by atoms with Crippen molar-refractivity contribution in [2.75, 3.05) is 13.7 Å². The standard InChI is InChI=1S/C14H22O3/c1-4-8-13(17-5-2)14(15)11-9-6-7-10-12(11)16-3/h6-7,9-10,13-15H,4-5,8H2,1-3H3. The highest BCUT2D eigenvalue weighted by atomic mass is 16.5. The molecule has 1 aromatic rings. The molecule has 0 amide bonds. The molecule has 1 rings (SSSR count). The van der Waals surface area contributed by atoms with Gasteiger partial charge in [0.1, 0.15) is 11.9 Å². The summed E-state index contributed by atoms with van der Waals surface area (Å²) in [5.74, 6) is 0.709. The summed E-state index contributed by atoms with van der Waals surface area (Å²) in [5.41, 5.74) is 0.793. The fourth-order valence-electron chi connectivity index (χ4n) is 1.94. The third kappa shape index (κ3) is 3.72. The van der Waals surface area contributed by atoms with E-state index in [0.29, 0.717) is 12.4 Å². The Morgan fingerprint density at radius 2 is 1.94 bits per heavy atom. The van der Waals surface area contributed by atoms with Crippen molar-refractivity contribution in [2.24, 2.45) is 0 Å². The van der Waals surface area contributed by atoms with E-state index < -0.39 is 6.10 Å². The van der Waals surface area contributed by atoms with Gasteiger partial charge in [0.05, 0.1) is 13.2 Å². The molecule has 0 spiro atoms. The number of hydrogen-bond donors (Lipinski definition) is 1. The van der Waals surface area contributed by atoms with Crippen LogP contribution in [-0.4, -0.2) is 24.9 Å². The summed E-state index contributed by atoms with van der Waals surface area (Å²) in [5, 5.41) is 10.3. The minimum absolute atomic E-state index is 0.165. The molecule has 0 aliphatic carbocycles. The van der Waals surface area contributed by atoms with Crippen molar-refractivity contribution in [1.82, 2.24) is 0 Å². The number of methoxy groups -OCH3 is 1. The first-order valence-corrected chi connectivity index (χ1v) is 6.17. The van der Waals surface area contributed by atoms with Crippen molar-refractivity contribution in [3.05, 3.63) is 29.8 Å². The Kier molecular flexibility index (Phi) is 6.01. The minimum Gasteiger partial charge on any atom is -0.496 e.